The van der Waals surface area contributed by atoms with E-state index in [-0.39, 0.29) is 65.5 Å². The lowest BCUT2D eigenvalue weighted by molar-refractivity contribution is -0.236. The Hall–Kier alpha value is -3.46. The van der Waals surface area contributed by atoms with Crippen molar-refractivity contribution in [2.75, 3.05) is 0 Å². The molecule has 0 heterocycles. The maximum atomic E-state index is 14.1. The summed E-state index contributed by atoms with van der Waals surface area (Å²) in [4.78, 5) is 50.4. The molecular formula is C42H58O9. The summed E-state index contributed by atoms with van der Waals surface area (Å²) in [5, 5.41) is 21.4. The number of hydrogen-bond donors (Lipinski definition) is 2. The zero-order valence-corrected chi connectivity index (χ0v) is 31.5. The molecule has 1 aromatic rings. The van der Waals surface area contributed by atoms with Crippen LogP contribution in [-0.2, 0) is 40.0 Å². The van der Waals surface area contributed by atoms with Crippen LogP contribution in [-0.4, -0.2) is 52.4 Å². The molecule has 0 aromatic heterocycles. The number of carboxylic acids is 1. The van der Waals surface area contributed by atoms with Crippen LogP contribution in [0.5, 0.6) is 0 Å². The Morgan fingerprint density at radius 1 is 0.922 bits per heavy atom. The monoisotopic (exact) mass is 706 g/mol. The van der Waals surface area contributed by atoms with Crippen LogP contribution < -0.4 is 0 Å². The molecule has 3 unspecified atom stereocenters. The number of aliphatic hydroxyl groups is 1. The number of hydrogen-bond acceptors (Lipinski definition) is 8. The first-order valence-corrected chi connectivity index (χ1v) is 18.9. The van der Waals surface area contributed by atoms with Gasteiger partial charge in [0.15, 0.2) is 0 Å². The molecule has 9 nitrogen and oxygen atoms in total. The van der Waals surface area contributed by atoms with Crippen molar-refractivity contribution in [1.29, 1.82) is 0 Å². The normalized spacial score (nSPS) is 36.4. The number of aliphatic hydroxyl groups excluding tert-OH is 1. The molecule has 0 saturated heterocycles. The Kier molecular flexibility index (Phi) is 11.6. The van der Waals surface area contributed by atoms with E-state index in [0.717, 1.165) is 36.0 Å². The van der Waals surface area contributed by atoms with E-state index >= 15 is 0 Å². The molecule has 10 atom stereocenters. The van der Waals surface area contributed by atoms with Crippen LogP contribution in [0, 0.1) is 39.9 Å². The standard InChI is InChI=1S/C42H58O9/c1-25(2)12-11-15-29(39(48)49-24-28-13-9-8-10-14-28)37-31-22-32(44)38-40(5)20-19-33(51-36(47)17-16-35(45)46)26(3)30(40)18-21-41(38,6)42(31,7)23-34(37)50-27(4)43/h8-10,12-14,26,30-34,38,44H,11,15-24H2,1-7H3,(H,45,46)/b37-29-/t26-,30?,31?,32+,33+,34-,38?,40-,41-,42-/m0/s1. The fourth-order valence-corrected chi connectivity index (χ4v) is 11.2. The van der Waals surface area contributed by atoms with Crippen LogP contribution in [0.1, 0.15) is 118 Å². The molecular weight excluding hydrogens is 648 g/mol. The number of carboxylic acid groups (broad SMARTS) is 1. The number of rotatable bonds is 11. The number of aliphatic carboxylic acids is 1. The summed E-state index contributed by atoms with van der Waals surface area (Å²) in [5.74, 6) is -2.30. The Balaban J connectivity index is 1.50. The second-order valence-electron chi connectivity index (χ2n) is 16.8. The van der Waals surface area contributed by atoms with Gasteiger partial charge in [0.25, 0.3) is 0 Å². The first-order valence-electron chi connectivity index (χ1n) is 18.9. The molecule has 2 N–H and O–H groups in total. The van der Waals surface area contributed by atoms with E-state index in [0.29, 0.717) is 37.7 Å². The van der Waals surface area contributed by atoms with Gasteiger partial charge in [-0.1, -0.05) is 69.7 Å². The van der Waals surface area contributed by atoms with Crippen molar-refractivity contribution in [2.24, 2.45) is 39.9 Å². The van der Waals surface area contributed by atoms with Gasteiger partial charge in [-0.3, -0.25) is 14.4 Å². The maximum absolute atomic E-state index is 14.1. The van der Waals surface area contributed by atoms with E-state index < -0.39 is 36.1 Å². The molecule has 0 amide bonds. The Morgan fingerprint density at radius 2 is 1.63 bits per heavy atom. The highest BCUT2D eigenvalue weighted by Gasteiger charge is 2.71. The number of fused-ring (bicyclic) bond motifs is 5. The molecule has 4 fully saturated rings. The molecule has 0 bridgehead atoms. The van der Waals surface area contributed by atoms with Crippen LogP contribution in [0.25, 0.3) is 0 Å². The summed E-state index contributed by atoms with van der Waals surface area (Å²) < 4.78 is 17.9. The van der Waals surface area contributed by atoms with Crippen LogP contribution in [0.3, 0.4) is 0 Å². The second kappa shape index (κ2) is 15.3. The molecule has 4 aliphatic rings. The van der Waals surface area contributed by atoms with E-state index in [2.05, 4.69) is 33.8 Å². The van der Waals surface area contributed by atoms with Crippen molar-refractivity contribution in [3.05, 3.63) is 58.7 Å². The highest BCUT2D eigenvalue weighted by Crippen LogP contribution is 2.74. The molecule has 0 aliphatic heterocycles. The minimum absolute atomic E-state index is 0.0497. The fraction of sp³-hybridized carbons (Fsp3) is 0.667. The predicted molar refractivity (Wildman–Crippen MR) is 192 cm³/mol. The molecule has 4 aliphatic carbocycles. The number of benzene rings is 1. The lowest BCUT2D eigenvalue weighted by atomic mass is 9.36. The van der Waals surface area contributed by atoms with Gasteiger partial charge in [0.05, 0.1) is 18.9 Å². The summed E-state index contributed by atoms with van der Waals surface area (Å²) in [6.07, 6.45) is 5.38. The maximum Gasteiger partial charge on any atom is 0.334 e. The summed E-state index contributed by atoms with van der Waals surface area (Å²) in [5.41, 5.74) is 2.43. The van der Waals surface area contributed by atoms with E-state index in [4.69, 9.17) is 19.3 Å². The number of carbonyl (C=O) groups excluding carboxylic acids is 3. The highest BCUT2D eigenvalue weighted by atomic mass is 16.6. The smallest absolute Gasteiger partial charge is 0.334 e. The fourth-order valence-electron chi connectivity index (χ4n) is 11.2. The summed E-state index contributed by atoms with van der Waals surface area (Å²) in [7, 11) is 0. The van der Waals surface area contributed by atoms with E-state index in [9.17, 15) is 24.3 Å². The number of allylic oxidation sites excluding steroid dienone is 2. The average molecular weight is 707 g/mol. The Bertz CT molecular complexity index is 1540. The van der Waals surface area contributed by atoms with Gasteiger partial charge in [0.1, 0.15) is 18.8 Å². The summed E-state index contributed by atoms with van der Waals surface area (Å²) >= 11 is 0. The molecule has 280 valence electrons. The molecule has 51 heavy (non-hydrogen) atoms. The van der Waals surface area contributed by atoms with Crippen LogP contribution in [0.4, 0.5) is 0 Å². The number of ether oxygens (including phenoxy) is 3. The van der Waals surface area contributed by atoms with Crippen molar-refractivity contribution in [2.45, 2.75) is 138 Å². The van der Waals surface area contributed by atoms with Crippen LogP contribution >= 0.6 is 0 Å². The van der Waals surface area contributed by atoms with Gasteiger partial charge in [-0.25, -0.2) is 4.79 Å². The van der Waals surface area contributed by atoms with Crippen molar-refractivity contribution < 1.29 is 43.6 Å². The molecule has 1 aromatic carbocycles. The van der Waals surface area contributed by atoms with Crippen molar-refractivity contribution in [1.82, 2.24) is 0 Å². The topological polar surface area (TPSA) is 136 Å². The van der Waals surface area contributed by atoms with Gasteiger partial charge in [0.2, 0.25) is 0 Å². The zero-order chi connectivity index (χ0) is 37.3. The number of esters is 3. The largest absolute Gasteiger partial charge is 0.481 e. The zero-order valence-electron chi connectivity index (χ0n) is 31.5. The quantitative estimate of drug-likeness (QED) is 0.102. The summed E-state index contributed by atoms with van der Waals surface area (Å²) in [6.45, 7) is 14.6. The SMILES string of the molecule is CC(=O)O[C@H]1C[C@@]2(C)C(C[C@@H](O)C3[C@@]4(C)CC[C@@H](OC(=O)CCC(=O)O)[C@@H](C)C4CC[C@@]32C)/C1=C(\CCC=C(C)C)C(=O)OCc1ccccc1. The second-order valence-corrected chi connectivity index (χ2v) is 16.8. The van der Waals surface area contributed by atoms with E-state index in [1.807, 2.05) is 44.2 Å². The highest BCUT2D eigenvalue weighted by molar-refractivity contribution is 5.90. The van der Waals surface area contributed by atoms with E-state index in [1.165, 1.54) is 6.92 Å². The lowest BCUT2D eigenvalue weighted by Gasteiger charge is -2.69. The first-order chi connectivity index (χ1) is 24.0. The van der Waals surface area contributed by atoms with E-state index in [1.54, 1.807) is 0 Å². The van der Waals surface area contributed by atoms with Crippen LogP contribution in [0.15, 0.2) is 53.1 Å². The molecule has 0 radical (unpaired) electrons. The first kappa shape index (κ1) is 38.8. The minimum Gasteiger partial charge on any atom is -0.481 e. The molecule has 9 heteroatoms. The lowest BCUT2D eigenvalue weighted by Crippen LogP contribution is -2.65. The third-order valence-electron chi connectivity index (χ3n) is 13.6. The van der Waals surface area contributed by atoms with Gasteiger partial charge in [-0.2, -0.15) is 0 Å². The third kappa shape index (κ3) is 7.56. The third-order valence-corrected chi connectivity index (χ3v) is 13.6. The molecule has 0 spiro atoms. The summed E-state index contributed by atoms with van der Waals surface area (Å²) in [6, 6.07) is 9.59. The van der Waals surface area contributed by atoms with Crippen molar-refractivity contribution in [3.8, 4) is 0 Å². The van der Waals surface area contributed by atoms with Gasteiger partial charge in [-0.15, -0.1) is 0 Å². The average Bonchev–Trinajstić information content (AvgIpc) is 3.33. The Labute approximate surface area is 303 Å². The van der Waals surface area contributed by atoms with Gasteiger partial charge in [0, 0.05) is 12.5 Å². The van der Waals surface area contributed by atoms with Gasteiger partial charge >= 0.3 is 23.9 Å². The molecule has 5 rings (SSSR count). The Morgan fingerprint density at radius 3 is 2.27 bits per heavy atom. The van der Waals surface area contributed by atoms with Crippen LogP contribution in [0.2, 0.25) is 0 Å². The van der Waals surface area contributed by atoms with Crippen molar-refractivity contribution in [3.63, 3.8) is 0 Å². The predicted octanol–water partition coefficient (Wildman–Crippen LogP) is 7.74. The van der Waals surface area contributed by atoms with Gasteiger partial charge < -0.3 is 24.4 Å². The minimum atomic E-state index is -1.02. The number of carbonyl (C=O) groups is 4. The van der Waals surface area contributed by atoms with Gasteiger partial charge in [-0.05, 0) is 116 Å². The molecule has 4 saturated carbocycles. The van der Waals surface area contributed by atoms with Crippen molar-refractivity contribution >= 4 is 23.9 Å².